The summed E-state index contributed by atoms with van der Waals surface area (Å²) in [6.45, 7) is -0.416. The Labute approximate surface area is 63.0 Å². The number of aromatic amines is 1. The van der Waals surface area contributed by atoms with Crippen molar-refractivity contribution < 1.29 is 4.39 Å². The molecule has 0 aliphatic rings. The fraction of sp³-hybridized carbons (Fsp3) is 0.125. The van der Waals surface area contributed by atoms with Gasteiger partial charge in [-0.25, -0.2) is 4.39 Å². The van der Waals surface area contributed by atoms with Crippen LogP contribution in [0.5, 0.6) is 0 Å². The molecule has 0 aliphatic carbocycles. The third-order valence-electron chi connectivity index (χ3n) is 1.66. The number of benzene rings is 1. The Bertz CT molecular complexity index is 367. The van der Waals surface area contributed by atoms with E-state index < -0.39 is 6.67 Å². The second kappa shape index (κ2) is 2.34. The van der Waals surface area contributed by atoms with Crippen LogP contribution in [0.25, 0.3) is 10.9 Å². The summed E-state index contributed by atoms with van der Waals surface area (Å²) in [6, 6.07) is 5.37. The molecule has 2 aromatic rings. The average molecular weight is 150 g/mol. The number of alkyl halides is 1. The zero-order chi connectivity index (χ0) is 7.68. The Hall–Kier alpha value is -1.38. The van der Waals surface area contributed by atoms with E-state index in [9.17, 15) is 4.39 Å². The summed E-state index contributed by atoms with van der Waals surface area (Å²) in [5.74, 6) is 0. The molecule has 0 saturated carbocycles. The van der Waals surface area contributed by atoms with Crippen LogP contribution in [0.1, 0.15) is 5.56 Å². The third kappa shape index (κ3) is 0.981. The fourth-order valence-electron chi connectivity index (χ4n) is 1.08. The predicted molar refractivity (Wildman–Crippen MR) is 40.9 cm³/mol. The Morgan fingerprint density at radius 1 is 1.45 bits per heavy atom. The Morgan fingerprint density at radius 3 is 3.18 bits per heavy atom. The van der Waals surface area contributed by atoms with Gasteiger partial charge in [0.2, 0.25) is 0 Å². The van der Waals surface area contributed by atoms with Gasteiger partial charge in [0.1, 0.15) is 6.67 Å². The van der Waals surface area contributed by atoms with E-state index in [1.165, 1.54) is 0 Å². The number of hydrogen-bond donors (Lipinski definition) is 1. The highest BCUT2D eigenvalue weighted by Gasteiger charge is 1.95. The molecule has 0 radical (unpaired) electrons. The number of rotatable bonds is 1. The molecule has 0 amide bonds. The van der Waals surface area contributed by atoms with Gasteiger partial charge < -0.3 is 0 Å². The average Bonchev–Trinajstić information content (AvgIpc) is 2.50. The number of aromatic nitrogens is 2. The van der Waals surface area contributed by atoms with E-state index >= 15 is 0 Å². The van der Waals surface area contributed by atoms with E-state index in [2.05, 4.69) is 10.2 Å². The molecule has 1 aromatic heterocycles. The molecule has 0 bridgehead atoms. The van der Waals surface area contributed by atoms with Gasteiger partial charge in [0.25, 0.3) is 0 Å². The second-order valence-electron chi connectivity index (χ2n) is 2.43. The van der Waals surface area contributed by atoms with Crippen LogP contribution >= 0.6 is 0 Å². The van der Waals surface area contributed by atoms with Crippen molar-refractivity contribution in [1.82, 2.24) is 10.2 Å². The monoisotopic (exact) mass is 150 g/mol. The van der Waals surface area contributed by atoms with Gasteiger partial charge in [-0.3, -0.25) is 5.10 Å². The maximum atomic E-state index is 12.1. The highest BCUT2D eigenvalue weighted by molar-refractivity contribution is 5.78. The molecule has 0 aliphatic heterocycles. The number of halogens is 1. The van der Waals surface area contributed by atoms with E-state index in [4.69, 9.17) is 0 Å². The molecule has 0 unspecified atom stereocenters. The van der Waals surface area contributed by atoms with Crippen molar-refractivity contribution in [2.24, 2.45) is 0 Å². The molecule has 56 valence electrons. The Balaban J connectivity index is 2.67. The van der Waals surface area contributed by atoms with Crippen molar-refractivity contribution in [2.75, 3.05) is 0 Å². The van der Waals surface area contributed by atoms with Crippen molar-refractivity contribution in [3.05, 3.63) is 30.0 Å². The summed E-state index contributed by atoms with van der Waals surface area (Å²) in [4.78, 5) is 0. The van der Waals surface area contributed by atoms with E-state index in [0.29, 0.717) is 5.56 Å². The van der Waals surface area contributed by atoms with Gasteiger partial charge in [-0.2, -0.15) is 5.10 Å². The number of nitrogens with one attached hydrogen (secondary N) is 1. The zero-order valence-corrected chi connectivity index (χ0v) is 5.84. The van der Waals surface area contributed by atoms with Crippen molar-refractivity contribution in [3.63, 3.8) is 0 Å². The smallest absolute Gasteiger partial charge is 0.115 e. The van der Waals surface area contributed by atoms with Gasteiger partial charge in [-0.05, 0) is 17.7 Å². The van der Waals surface area contributed by atoms with Gasteiger partial charge >= 0.3 is 0 Å². The molecule has 1 aromatic carbocycles. The zero-order valence-electron chi connectivity index (χ0n) is 5.84. The summed E-state index contributed by atoms with van der Waals surface area (Å²) in [6.07, 6.45) is 1.69. The first kappa shape index (κ1) is 6.34. The molecule has 2 nitrogen and oxygen atoms in total. The largest absolute Gasteiger partial charge is 0.278 e. The lowest BCUT2D eigenvalue weighted by Gasteiger charge is -1.92. The first-order chi connectivity index (χ1) is 5.40. The summed E-state index contributed by atoms with van der Waals surface area (Å²) < 4.78 is 12.1. The van der Waals surface area contributed by atoms with Crippen molar-refractivity contribution in [3.8, 4) is 0 Å². The second-order valence-corrected chi connectivity index (χ2v) is 2.43. The number of nitrogens with zero attached hydrogens (tertiary/aromatic N) is 1. The molecule has 11 heavy (non-hydrogen) atoms. The molecular formula is C8H7FN2. The van der Waals surface area contributed by atoms with Gasteiger partial charge in [-0.15, -0.1) is 0 Å². The highest BCUT2D eigenvalue weighted by atomic mass is 19.1. The quantitative estimate of drug-likeness (QED) is 0.662. The van der Waals surface area contributed by atoms with Crippen LogP contribution in [-0.2, 0) is 6.67 Å². The molecule has 0 fully saturated rings. The SMILES string of the molecule is FCc1ccc2[nH]ncc2c1. The lowest BCUT2D eigenvalue weighted by Crippen LogP contribution is -1.76. The van der Waals surface area contributed by atoms with E-state index in [0.717, 1.165) is 10.9 Å². The van der Waals surface area contributed by atoms with Crippen molar-refractivity contribution in [1.29, 1.82) is 0 Å². The Kier molecular flexibility index (Phi) is 1.35. The van der Waals surface area contributed by atoms with E-state index in [-0.39, 0.29) is 0 Å². The van der Waals surface area contributed by atoms with Gasteiger partial charge in [-0.1, -0.05) is 6.07 Å². The normalized spacial score (nSPS) is 10.6. The van der Waals surface area contributed by atoms with Gasteiger partial charge in [0, 0.05) is 5.39 Å². The summed E-state index contributed by atoms with van der Waals surface area (Å²) in [5, 5.41) is 7.59. The molecule has 0 atom stereocenters. The molecule has 0 saturated heterocycles. The van der Waals surface area contributed by atoms with Crippen molar-refractivity contribution >= 4 is 10.9 Å². The van der Waals surface area contributed by atoms with E-state index in [1.807, 2.05) is 6.07 Å². The van der Waals surface area contributed by atoms with Crippen LogP contribution in [0.15, 0.2) is 24.4 Å². The lowest BCUT2D eigenvalue weighted by molar-refractivity contribution is 0.485. The summed E-state index contributed by atoms with van der Waals surface area (Å²) in [5.41, 5.74) is 1.64. The first-order valence-corrected chi connectivity index (χ1v) is 3.38. The summed E-state index contributed by atoms with van der Waals surface area (Å²) >= 11 is 0. The van der Waals surface area contributed by atoms with Crippen LogP contribution in [-0.4, -0.2) is 10.2 Å². The fourth-order valence-corrected chi connectivity index (χ4v) is 1.08. The number of hydrogen-bond acceptors (Lipinski definition) is 1. The van der Waals surface area contributed by atoms with Crippen LogP contribution < -0.4 is 0 Å². The third-order valence-corrected chi connectivity index (χ3v) is 1.66. The minimum atomic E-state index is -0.416. The minimum Gasteiger partial charge on any atom is -0.278 e. The van der Waals surface area contributed by atoms with E-state index in [1.54, 1.807) is 18.3 Å². The van der Waals surface area contributed by atoms with Gasteiger partial charge in [0.05, 0.1) is 11.7 Å². The maximum Gasteiger partial charge on any atom is 0.115 e. The van der Waals surface area contributed by atoms with Gasteiger partial charge in [0.15, 0.2) is 0 Å². The number of fused-ring (bicyclic) bond motifs is 1. The molecular weight excluding hydrogens is 143 g/mol. The molecule has 1 N–H and O–H groups in total. The molecule has 1 heterocycles. The first-order valence-electron chi connectivity index (χ1n) is 3.38. The summed E-state index contributed by atoms with van der Waals surface area (Å²) in [7, 11) is 0. The van der Waals surface area contributed by atoms with Crippen LogP contribution in [0.2, 0.25) is 0 Å². The van der Waals surface area contributed by atoms with Crippen LogP contribution in [0, 0.1) is 0 Å². The lowest BCUT2D eigenvalue weighted by atomic mass is 10.2. The van der Waals surface area contributed by atoms with Crippen molar-refractivity contribution in [2.45, 2.75) is 6.67 Å². The predicted octanol–water partition coefficient (Wildman–Crippen LogP) is 2.03. The highest BCUT2D eigenvalue weighted by Crippen LogP contribution is 2.13. The Morgan fingerprint density at radius 2 is 2.36 bits per heavy atom. The molecule has 0 spiro atoms. The maximum absolute atomic E-state index is 12.1. The topological polar surface area (TPSA) is 28.7 Å². The van der Waals surface area contributed by atoms with Crippen LogP contribution in [0.4, 0.5) is 4.39 Å². The van der Waals surface area contributed by atoms with Crippen LogP contribution in [0.3, 0.4) is 0 Å². The minimum absolute atomic E-state index is 0.416. The molecule has 3 heteroatoms. The standard InChI is InChI=1S/C8H7FN2/c9-4-6-1-2-8-7(3-6)5-10-11-8/h1-3,5H,4H2,(H,10,11). The number of H-pyrrole nitrogens is 1. The molecule has 2 rings (SSSR count).